The first-order valence-corrected chi connectivity index (χ1v) is 7.70. The number of carboxylic acid groups (broad SMARTS) is 1. The molecular formula is C15H20N2O7. The van der Waals surface area contributed by atoms with Crippen molar-refractivity contribution >= 4 is 11.9 Å². The average molecular weight is 340 g/mol. The van der Waals surface area contributed by atoms with Crippen LogP contribution in [0.1, 0.15) is 44.4 Å². The summed E-state index contributed by atoms with van der Waals surface area (Å²) in [4.78, 5) is 47.8. The van der Waals surface area contributed by atoms with Crippen molar-refractivity contribution in [3.63, 3.8) is 0 Å². The van der Waals surface area contributed by atoms with Crippen molar-refractivity contribution in [2.24, 2.45) is 0 Å². The lowest BCUT2D eigenvalue weighted by Gasteiger charge is -2.17. The van der Waals surface area contributed by atoms with Crippen LogP contribution >= 0.6 is 0 Å². The van der Waals surface area contributed by atoms with E-state index >= 15 is 0 Å². The molecule has 2 N–H and O–H groups in total. The number of aryl methyl sites for hydroxylation is 1. The molecule has 1 fully saturated rings. The third-order valence-corrected chi connectivity index (χ3v) is 3.86. The van der Waals surface area contributed by atoms with E-state index in [-0.39, 0.29) is 19.3 Å². The van der Waals surface area contributed by atoms with Crippen LogP contribution in [0.3, 0.4) is 0 Å². The number of carbonyl (C=O) groups excluding carboxylic acids is 1. The molecule has 1 aliphatic heterocycles. The fraction of sp³-hybridized carbons (Fsp3) is 0.600. The van der Waals surface area contributed by atoms with Crippen LogP contribution in [0.5, 0.6) is 0 Å². The minimum Gasteiger partial charge on any atom is -0.481 e. The Kier molecular flexibility index (Phi) is 5.55. The summed E-state index contributed by atoms with van der Waals surface area (Å²) in [7, 11) is 0. The van der Waals surface area contributed by atoms with Crippen LogP contribution in [-0.4, -0.2) is 38.8 Å². The van der Waals surface area contributed by atoms with Gasteiger partial charge in [-0.25, -0.2) is 4.79 Å². The summed E-state index contributed by atoms with van der Waals surface area (Å²) in [6, 6.07) is 0. The van der Waals surface area contributed by atoms with Gasteiger partial charge in [-0.3, -0.25) is 23.9 Å². The number of nitrogens with zero attached hydrogens (tertiary/aromatic N) is 1. The van der Waals surface area contributed by atoms with Gasteiger partial charge in [0.1, 0.15) is 12.3 Å². The Bertz CT molecular complexity index is 736. The van der Waals surface area contributed by atoms with Crippen LogP contribution in [0.4, 0.5) is 0 Å². The number of carboxylic acids is 1. The molecule has 0 unspecified atom stereocenters. The second-order valence-electron chi connectivity index (χ2n) is 5.67. The minimum absolute atomic E-state index is 0.218. The maximum atomic E-state index is 11.9. The zero-order chi connectivity index (χ0) is 17.9. The van der Waals surface area contributed by atoms with Gasteiger partial charge in [-0.2, -0.15) is 0 Å². The third-order valence-electron chi connectivity index (χ3n) is 3.86. The fourth-order valence-corrected chi connectivity index (χ4v) is 2.59. The van der Waals surface area contributed by atoms with Gasteiger partial charge < -0.3 is 14.6 Å². The summed E-state index contributed by atoms with van der Waals surface area (Å²) >= 11 is 0. The first kappa shape index (κ1) is 17.9. The number of ether oxygens (including phenoxy) is 2. The highest BCUT2D eigenvalue weighted by molar-refractivity contribution is 5.76. The van der Waals surface area contributed by atoms with Gasteiger partial charge in [0, 0.05) is 18.2 Å². The zero-order valence-corrected chi connectivity index (χ0v) is 13.5. The molecule has 0 saturated carbocycles. The summed E-state index contributed by atoms with van der Waals surface area (Å²) in [5.41, 5.74) is -0.686. The van der Waals surface area contributed by atoms with Crippen LogP contribution in [0.2, 0.25) is 0 Å². The van der Waals surface area contributed by atoms with Crippen LogP contribution in [0.25, 0.3) is 0 Å². The van der Waals surface area contributed by atoms with Gasteiger partial charge in [-0.05, 0) is 13.3 Å². The van der Waals surface area contributed by atoms with Crippen molar-refractivity contribution in [3.05, 3.63) is 32.6 Å². The normalized spacial score (nSPS) is 23.2. The second-order valence-corrected chi connectivity index (χ2v) is 5.67. The minimum atomic E-state index is -1.07. The molecule has 0 amide bonds. The number of esters is 1. The van der Waals surface area contributed by atoms with Crippen LogP contribution < -0.4 is 11.2 Å². The van der Waals surface area contributed by atoms with Crippen molar-refractivity contribution in [3.8, 4) is 0 Å². The molecule has 1 aliphatic rings. The Hall–Kier alpha value is -2.42. The van der Waals surface area contributed by atoms with E-state index in [2.05, 4.69) is 4.98 Å². The molecule has 9 heteroatoms. The summed E-state index contributed by atoms with van der Waals surface area (Å²) in [5.74, 6) is -1.69. The largest absolute Gasteiger partial charge is 0.481 e. The number of rotatable bonds is 6. The number of carbonyl (C=O) groups is 2. The molecule has 0 spiro atoms. The molecule has 24 heavy (non-hydrogen) atoms. The van der Waals surface area contributed by atoms with Gasteiger partial charge in [-0.1, -0.05) is 6.92 Å². The molecule has 9 nitrogen and oxygen atoms in total. The Morgan fingerprint density at radius 1 is 1.42 bits per heavy atom. The van der Waals surface area contributed by atoms with Crippen molar-refractivity contribution in [2.75, 3.05) is 0 Å². The monoisotopic (exact) mass is 340 g/mol. The number of H-pyrrole nitrogens is 1. The van der Waals surface area contributed by atoms with Crippen molar-refractivity contribution in [1.82, 2.24) is 9.55 Å². The van der Waals surface area contributed by atoms with E-state index in [1.807, 2.05) is 6.92 Å². The van der Waals surface area contributed by atoms with E-state index < -0.39 is 41.6 Å². The van der Waals surface area contributed by atoms with Gasteiger partial charge in [0.15, 0.2) is 0 Å². The summed E-state index contributed by atoms with van der Waals surface area (Å²) < 4.78 is 12.3. The lowest BCUT2D eigenvalue weighted by molar-refractivity contribution is -0.154. The summed E-state index contributed by atoms with van der Waals surface area (Å²) in [6.45, 7) is 3.43. The Balaban J connectivity index is 2.10. The Morgan fingerprint density at radius 3 is 2.75 bits per heavy atom. The molecule has 0 aromatic carbocycles. The standard InChI is InChI=1S/C15H20N2O7/c1-3-9-10(24-13(20)5-4-12(18)19)6-11(23-9)17-7-8(2)14(21)16-15(17)22/h7,9-11H,3-6H2,1-2H3,(H,18,19)(H,16,21,22)/t9-,10-,11-/m1/s1. The molecule has 132 valence electrons. The van der Waals surface area contributed by atoms with Gasteiger partial charge in [-0.15, -0.1) is 0 Å². The van der Waals surface area contributed by atoms with Crippen LogP contribution in [-0.2, 0) is 19.1 Å². The third kappa shape index (κ3) is 4.10. The van der Waals surface area contributed by atoms with Gasteiger partial charge in [0.05, 0.1) is 18.9 Å². The van der Waals surface area contributed by atoms with E-state index in [1.54, 1.807) is 6.92 Å². The Labute approximate surface area is 137 Å². The predicted molar refractivity (Wildman–Crippen MR) is 81.6 cm³/mol. The van der Waals surface area contributed by atoms with Gasteiger partial charge in [0.25, 0.3) is 5.56 Å². The first-order chi connectivity index (χ1) is 11.3. The molecule has 2 rings (SSSR count). The maximum absolute atomic E-state index is 11.9. The highest BCUT2D eigenvalue weighted by Crippen LogP contribution is 2.31. The number of nitrogens with one attached hydrogen (secondary N) is 1. The molecule has 0 radical (unpaired) electrons. The van der Waals surface area contributed by atoms with Crippen LogP contribution in [0, 0.1) is 6.92 Å². The highest BCUT2D eigenvalue weighted by Gasteiger charge is 2.38. The SMILES string of the molecule is CC[C@H]1O[C@@H](n2cc(C)c(=O)[nH]c2=O)C[C@H]1OC(=O)CCC(=O)O. The maximum Gasteiger partial charge on any atom is 0.330 e. The summed E-state index contributed by atoms with van der Waals surface area (Å²) in [6.07, 6.45) is 0.0783. The number of hydrogen-bond donors (Lipinski definition) is 2. The van der Waals surface area contributed by atoms with E-state index in [1.165, 1.54) is 10.8 Å². The zero-order valence-electron chi connectivity index (χ0n) is 13.5. The molecule has 1 aromatic heterocycles. The molecule has 3 atom stereocenters. The quantitative estimate of drug-likeness (QED) is 0.714. The molecule has 1 saturated heterocycles. The molecule has 2 heterocycles. The lowest BCUT2D eigenvalue weighted by atomic mass is 10.1. The van der Waals surface area contributed by atoms with E-state index in [0.717, 1.165) is 0 Å². The molecule has 0 bridgehead atoms. The first-order valence-electron chi connectivity index (χ1n) is 7.70. The number of aromatic nitrogens is 2. The predicted octanol–water partition coefficient (Wildman–Crippen LogP) is 0.319. The van der Waals surface area contributed by atoms with Gasteiger partial charge >= 0.3 is 17.6 Å². The Morgan fingerprint density at radius 2 is 2.12 bits per heavy atom. The van der Waals surface area contributed by atoms with Gasteiger partial charge in [0.2, 0.25) is 0 Å². The molecular weight excluding hydrogens is 320 g/mol. The molecule has 1 aromatic rings. The van der Waals surface area contributed by atoms with Crippen molar-refractivity contribution < 1.29 is 24.2 Å². The number of hydrogen-bond acceptors (Lipinski definition) is 6. The highest BCUT2D eigenvalue weighted by atomic mass is 16.6. The van der Waals surface area contributed by atoms with E-state index in [4.69, 9.17) is 14.6 Å². The number of aliphatic carboxylic acids is 1. The van der Waals surface area contributed by atoms with Crippen LogP contribution in [0.15, 0.2) is 15.8 Å². The van der Waals surface area contributed by atoms with E-state index in [0.29, 0.717) is 12.0 Å². The number of aromatic amines is 1. The van der Waals surface area contributed by atoms with E-state index in [9.17, 15) is 19.2 Å². The fourth-order valence-electron chi connectivity index (χ4n) is 2.59. The lowest BCUT2D eigenvalue weighted by Crippen LogP contribution is -2.33. The van der Waals surface area contributed by atoms with Crippen molar-refractivity contribution in [1.29, 1.82) is 0 Å². The average Bonchev–Trinajstić information content (AvgIpc) is 2.91. The van der Waals surface area contributed by atoms with Crippen molar-refractivity contribution in [2.45, 2.75) is 58.0 Å². The topological polar surface area (TPSA) is 128 Å². The smallest absolute Gasteiger partial charge is 0.330 e. The summed E-state index contributed by atoms with van der Waals surface area (Å²) in [5, 5.41) is 8.59. The molecule has 0 aliphatic carbocycles. The second kappa shape index (κ2) is 7.43.